The van der Waals surface area contributed by atoms with Crippen molar-refractivity contribution in [3.63, 3.8) is 0 Å². The Morgan fingerprint density at radius 2 is 2.12 bits per heavy atom. The lowest BCUT2D eigenvalue weighted by atomic mass is 10.1. The van der Waals surface area contributed by atoms with Crippen LogP contribution in [0, 0.1) is 23.0 Å². The number of nitrogens with zero attached hydrogens (tertiary/aromatic N) is 2. The van der Waals surface area contributed by atoms with Gasteiger partial charge in [-0.15, -0.1) is 0 Å². The Labute approximate surface area is 108 Å². The van der Waals surface area contributed by atoms with Crippen LogP contribution in [0.25, 0.3) is 0 Å². The fourth-order valence-electron chi connectivity index (χ4n) is 1.41. The van der Waals surface area contributed by atoms with Crippen LogP contribution in [0.4, 0.5) is 8.78 Å². The predicted octanol–water partition coefficient (Wildman–Crippen LogP) is 3.46. The molecule has 0 spiro atoms. The van der Waals surface area contributed by atoms with Crippen LogP contribution in [0.2, 0.25) is 0 Å². The van der Waals surface area contributed by atoms with Crippen molar-refractivity contribution < 1.29 is 8.78 Å². The first kappa shape index (κ1) is 14.1. The standard InChI is InChI=1S/C12H13BrF2N2/c1-8(5-6-16)17(2)7-9-11(14)4-3-10(13)12(9)15/h3-4,8H,5,7H2,1-2H3. The predicted molar refractivity (Wildman–Crippen MR) is 65.2 cm³/mol. The van der Waals surface area contributed by atoms with Crippen molar-refractivity contribution in [3.05, 3.63) is 33.8 Å². The molecule has 0 heterocycles. The molecule has 1 aromatic carbocycles. The van der Waals surface area contributed by atoms with Crippen LogP contribution >= 0.6 is 15.9 Å². The summed E-state index contributed by atoms with van der Waals surface area (Å²) in [5.74, 6) is -1.15. The summed E-state index contributed by atoms with van der Waals surface area (Å²) in [4.78, 5) is 1.75. The average molecular weight is 303 g/mol. The van der Waals surface area contributed by atoms with Crippen molar-refractivity contribution in [3.8, 4) is 6.07 Å². The molecular formula is C12H13BrF2N2. The third-order valence-electron chi connectivity index (χ3n) is 2.69. The molecule has 0 aliphatic carbocycles. The van der Waals surface area contributed by atoms with Crippen LogP contribution in [-0.4, -0.2) is 18.0 Å². The molecule has 0 saturated heterocycles. The van der Waals surface area contributed by atoms with E-state index in [4.69, 9.17) is 5.26 Å². The monoisotopic (exact) mass is 302 g/mol. The minimum Gasteiger partial charge on any atom is -0.298 e. The summed E-state index contributed by atoms with van der Waals surface area (Å²) in [7, 11) is 1.74. The molecule has 0 bridgehead atoms. The molecule has 0 N–H and O–H groups in total. The van der Waals surface area contributed by atoms with Crippen molar-refractivity contribution in [2.75, 3.05) is 7.05 Å². The zero-order valence-electron chi connectivity index (χ0n) is 9.67. The van der Waals surface area contributed by atoms with Crippen LogP contribution in [0.3, 0.4) is 0 Å². The Bertz CT molecular complexity index is 443. The van der Waals surface area contributed by atoms with Crippen LogP contribution in [0.5, 0.6) is 0 Å². The molecule has 0 saturated carbocycles. The van der Waals surface area contributed by atoms with E-state index in [1.807, 2.05) is 13.0 Å². The third-order valence-corrected chi connectivity index (χ3v) is 3.30. The number of nitriles is 1. The van der Waals surface area contributed by atoms with Crippen molar-refractivity contribution in [1.82, 2.24) is 4.90 Å². The number of rotatable bonds is 4. The van der Waals surface area contributed by atoms with Crippen LogP contribution in [0.15, 0.2) is 16.6 Å². The van der Waals surface area contributed by atoms with Gasteiger partial charge in [-0.3, -0.25) is 4.90 Å². The van der Waals surface area contributed by atoms with E-state index in [-0.39, 0.29) is 22.6 Å². The third kappa shape index (κ3) is 3.48. The van der Waals surface area contributed by atoms with Gasteiger partial charge >= 0.3 is 0 Å². The highest BCUT2D eigenvalue weighted by Gasteiger charge is 2.16. The Balaban J connectivity index is 2.89. The van der Waals surface area contributed by atoms with Crippen LogP contribution in [-0.2, 0) is 6.54 Å². The average Bonchev–Trinajstić information content (AvgIpc) is 2.29. The van der Waals surface area contributed by atoms with E-state index in [1.54, 1.807) is 11.9 Å². The molecular weight excluding hydrogens is 290 g/mol. The lowest BCUT2D eigenvalue weighted by molar-refractivity contribution is 0.245. The van der Waals surface area contributed by atoms with E-state index in [9.17, 15) is 8.78 Å². The molecule has 5 heteroatoms. The van der Waals surface area contributed by atoms with Gasteiger partial charge in [0.05, 0.1) is 17.0 Å². The molecule has 0 aromatic heterocycles. The summed E-state index contributed by atoms with van der Waals surface area (Å²) in [6.07, 6.45) is 0.327. The number of hydrogen-bond donors (Lipinski definition) is 0. The second-order valence-corrected chi connectivity index (χ2v) is 4.80. The summed E-state index contributed by atoms with van der Waals surface area (Å²) in [5, 5.41) is 8.57. The summed E-state index contributed by atoms with van der Waals surface area (Å²) in [6, 6.07) is 4.56. The maximum atomic E-state index is 13.7. The van der Waals surface area contributed by atoms with Gasteiger partial charge < -0.3 is 0 Å². The van der Waals surface area contributed by atoms with Crippen LogP contribution < -0.4 is 0 Å². The van der Waals surface area contributed by atoms with Gasteiger partial charge in [-0.2, -0.15) is 5.26 Å². The highest BCUT2D eigenvalue weighted by atomic mass is 79.9. The lowest BCUT2D eigenvalue weighted by Gasteiger charge is -2.23. The summed E-state index contributed by atoms with van der Waals surface area (Å²) >= 11 is 3.03. The Morgan fingerprint density at radius 3 is 2.71 bits per heavy atom. The molecule has 1 atom stereocenters. The van der Waals surface area contributed by atoms with E-state index in [1.165, 1.54) is 12.1 Å². The van der Waals surface area contributed by atoms with Gasteiger partial charge in [0.1, 0.15) is 11.6 Å². The first-order valence-electron chi connectivity index (χ1n) is 5.17. The Hall–Kier alpha value is -0.990. The van der Waals surface area contributed by atoms with Gasteiger partial charge in [-0.05, 0) is 42.0 Å². The minimum absolute atomic E-state index is 0.0201. The Morgan fingerprint density at radius 1 is 1.47 bits per heavy atom. The molecule has 0 radical (unpaired) electrons. The van der Waals surface area contributed by atoms with Gasteiger partial charge in [0.15, 0.2) is 0 Å². The van der Waals surface area contributed by atoms with Crippen molar-refractivity contribution in [2.24, 2.45) is 0 Å². The maximum absolute atomic E-state index is 13.7. The summed E-state index contributed by atoms with van der Waals surface area (Å²) < 4.78 is 27.4. The molecule has 2 nitrogen and oxygen atoms in total. The molecule has 1 rings (SSSR count). The van der Waals surface area contributed by atoms with E-state index in [0.717, 1.165) is 0 Å². The van der Waals surface area contributed by atoms with Gasteiger partial charge in [0.25, 0.3) is 0 Å². The molecule has 0 aliphatic rings. The first-order chi connectivity index (χ1) is 7.97. The van der Waals surface area contributed by atoms with Crippen LogP contribution in [0.1, 0.15) is 18.9 Å². The normalized spacial score (nSPS) is 12.5. The molecule has 1 aromatic rings. The molecule has 92 valence electrons. The first-order valence-corrected chi connectivity index (χ1v) is 5.96. The van der Waals surface area contributed by atoms with E-state index >= 15 is 0 Å². The van der Waals surface area contributed by atoms with Gasteiger partial charge in [0.2, 0.25) is 0 Å². The quantitative estimate of drug-likeness (QED) is 0.797. The maximum Gasteiger partial charge on any atom is 0.144 e. The van der Waals surface area contributed by atoms with Gasteiger partial charge in [-0.25, -0.2) is 8.78 Å². The van der Waals surface area contributed by atoms with E-state index < -0.39 is 11.6 Å². The lowest BCUT2D eigenvalue weighted by Crippen LogP contribution is -2.29. The molecule has 0 aliphatic heterocycles. The molecule has 1 unspecified atom stereocenters. The molecule has 0 amide bonds. The summed E-state index contributed by atoms with van der Waals surface area (Å²) in [5.41, 5.74) is 0.0201. The highest BCUT2D eigenvalue weighted by Crippen LogP contribution is 2.23. The van der Waals surface area contributed by atoms with E-state index in [0.29, 0.717) is 6.42 Å². The second-order valence-electron chi connectivity index (χ2n) is 3.95. The van der Waals surface area contributed by atoms with Crippen molar-refractivity contribution in [1.29, 1.82) is 5.26 Å². The molecule has 17 heavy (non-hydrogen) atoms. The van der Waals surface area contributed by atoms with E-state index in [2.05, 4.69) is 15.9 Å². The largest absolute Gasteiger partial charge is 0.298 e. The zero-order chi connectivity index (χ0) is 13.0. The van der Waals surface area contributed by atoms with Crippen molar-refractivity contribution >= 4 is 15.9 Å². The highest BCUT2D eigenvalue weighted by molar-refractivity contribution is 9.10. The van der Waals surface area contributed by atoms with Crippen molar-refractivity contribution in [2.45, 2.75) is 25.9 Å². The summed E-state index contributed by atoms with van der Waals surface area (Å²) in [6.45, 7) is 1.98. The SMILES string of the molecule is CC(CC#N)N(C)Cc1c(F)ccc(Br)c1F. The fraction of sp³-hybridized carbons (Fsp3) is 0.417. The van der Waals surface area contributed by atoms with Gasteiger partial charge in [0, 0.05) is 18.2 Å². The fourth-order valence-corrected chi connectivity index (χ4v) is 1.78. The minimum atomic E-state index is -0.582. The smallest absolute Gasteiger partial charge is 0.144 e. The zero-order valence-corrected chi connectivity index (χ0v) is 11.3. The second kappa shape index (κ2) is 6.08. The number of benzene rings is 1. The number of hydrogen-bond acceptors (Lipinski definition) is 2. The van der Waals surface area contributed by atoms with Gasteiger partial charge in [-0.1, -0.05) is 0 Å². The topological polar surface area (TPSA) is 27.0 Å². The number of halogens is 3. The molecule has 0 fully saturated rings. The Kier molecular flexibility index (Phi) is 5.03.